The second-order valence-electron chi connectivity index (χ2n) is 6.31. The average molecular weight is 350 g/mol. The number of nitrogens with zero attached hydrogens (tertiary/aromatic N) is 1. The lowest BCUT2D eigenvalue weighted by Gasteiger charge is -2.19. The van der Waals surface area contributed by atoms with Crippen LogP contribution in [0.4, 0.5) is 0 Å². The zero-order valence-electron chi connectivity index (χ0n) is 15.9. The first-order valence-electron chi connectivity index (χ1n) is 8.70. The summed E-state index contributed by atoms with van der Waals surface area (Å²) in [6, 6.07) is 11.9. The summed E-state index contributed by atoms with van der Waals surface area (Å²) in [5, 5.41) is 0. The molecule has 2 rings (SSSR count). The normalized spacial score (nSPS) is 12.9. The van der Waals surface area contributed by atoms with E-state index in [9.17, 15) is 4.79 Å². The maximum Gasteiger partial charge on any atom is 0.334 e. The van der Waals surface area contributed by atoms with Crippen LogP contribution in [0.5, 0.6) is 0 Å². The quantitative estimate of drug-likeness (QED) is 0.607. The molecule has 1 atom stereocenters. The Morgan fingerprint density at radius 2 is 1.92 bits per heavy atom. The van der Waals surface area contributed by atoms with Crippen molar-refractivity contribution in [3.05, 3.63) is 66.0 Å². The molecule has 0 aliphatic carbocycles. The second kappa shape index (κ2) is 8.48. The van der Waals surface area contributed by atoms with Crippen molar-refractivity contribution in [2.75, 3.05) is 7.11 Å². The summed E-state index contributed by atoms with van der Waals surface area (Å²) in [6.45, 7) is 9.88. The van der Waals surface area contributed by atoms with Gasteiger partial charge in [-0.1, -0.05) is 50.8 Å². The van der Waals surface area contributed by atoms with Gasteiger partial charge in [-0.05, 0) is 42.0 Å². The molecule has 0 bridgehead atoms. The van der Waals surface area contributed by atoms with Gasteiger partial charge < -0.3 is 10.5 Å². The molecule has 1 aromatic heterocycles. The van der Waals surface area contributed by atoms with Crippen LogP contribution in [-0.4, -0.2) is 18.1 Å². The standard InChI is InChI=1S/C22H26N2O2/c1-6-14(2)19(22(25)26-5)15(3)21-20(16(4)23)18(12-13-24-21)17-10-8-7-9-11-17/h7-14H,4,6,23H2,1-3,5H3/b19-15+. The number of methoxy groups -OCH3 is 1. The number of hydrogen-bond acceptors (Lipinski definition) is 4. The highest BCUT2D eigenvalue weighted by Gasteiger charge is 2.23. The third-order valence-corrected chi connectivity index (χ3v) is 4.63. The molecule has 2 aromatic rings. The zero-order valence-corrected chi connectivity index (χ0v) is 15.9. The predicted octanol–water partition coefficient (Wildman–Crippen LogP) is 4.67. The molecule has 136 valence electrons. The summed E-state index contributed by atoms with van der Waals surface area (Å²) in [4.78, 5) is 16.9. The predicted molar refractivity (Wildman–Crippen MR) is 107 cm³/mol. The van der Waals surface area contributed by atoms with E-state index in [1.54, 1.807) is 6.20 Å². The summed E-state index contributed by atoms with van der Waals surface area (Å²) >= 11 is 0. The van der Waals surface area contributed by atoms with Crippen molar-refractivity contribution in [2.45, 2.75) is 27.2 Å². The highest BCUT2D eigenvalue weighted by molar-refractivity contribution is 5.99. The van der Waals surface area contributed by atoms with Crippen molar-refractivity contribution >= 4 is 17.2 Å². The number of esters is 1. The van der Waals surface area contributed by atoms with Crippen LogP contribution in [0, 0.1) is 5.92 Å². The summed E-state index contributed by atoms with van der Waals surface area (Å²) < 4.78 is 5.01. The van der Waals surface area contributed by atoms with E-state index >= 15 is 0 Å². The molecule has 0 aliphatic heterocycles. The summed E-state index contributed by atoms with van der Waals surface area (Å²) in [7, 11) is 1.40. The van der Waals surface area contributed by atoms with Gasteiger partial charge in [0.25, 0.3) is 0 Å². The molecule has 0 saturated carbocycles. The Kier molecular flexibility index (Phi) is 6.34. The molecule has 1 aromatic carbocycles. The molecule has 0 fully saturated rings. The topological polar surface area (TPSA) is 65.2 Å². The largest absolute Gasteiger partial charge is 0.466 e. The molecule has 26 heavy (non-hydrogen) atoms. The highest BCUT2D eigenvalue weighted by atomic mass is 16.5. The Hall–Kier alpha value is -2.88. The third kappa shape index (κ3) is 3.85. The number of rotatable bonds is 6. The SMILES string of the molecule is C=C(N)c1c(-c2ccccc2)ccnc1/C(C)=C(/C(=O)OC)C(C)CC. The minimum atomic E-state index is -0.336. The van der Waals surface area contributed by atoms with Crippen LogP contribution in [0.1, 0.15) is 38.4 Å². The van der Waals surface area contributed by atoms with E-state index < -0.39 is 0 Å². The van der Waals surface area contributed by atoms with Crippen molar-refractivity contribution in [2.24, 2.45) is 11.7 Å². The smallest absolute Gasteiger partial charge is 0.334 e. The van der Waals surface area contributed by atoms with Crippen LogP contribution in [0.3, 0.4) is 0 Å². The lowest BCUT2D eigenvalue weighted by molar-refractivity contribution is -0.136. The van der Waals surface area contributed by atoms with Gasteiger partial charge in [0.1, 0.15) is 0 Å². The van der Waals surface area contributed by atoms with E-state index in [-0.39, 0.29) is 11.9 Å². The number of carbonyl (C=O) groups is 1. The van der Waals surface area contributed by atoms with Gasteiger partial charge in [-0.15, -0.1) is 0 Å². The molecule has 1 heterocycles. The molecule has 2 N–H and O–H groups in total. The minimum absolute atomic E-state index is 0.0449. The van der Waals surface area contributed by atoms with Gasteiger partial charge in [0.2, 0.25) is 0 Å². The number of nitrogens with two attached hydrogens (primary N) is 1. The van der Waals surface area contributed by atoms with Gasteiger partial charge in [-0.25, -0.2) is 4.79 Å². The number of benzene rings is 1. The van der Waals surface area contributed by atoms with Gasteiger partial charge in [0, 0.05) is 23.0 Å². The van der Waals surface area contributed by atoms with E-state index in [4.69, 9.17) is 10.5 Å². The lowest BCUT2D eigenvalue weighted by Crippen LogP contribution is -2.15. The van der Waals surface area contributed by atoms with Crippen LogP contribution < -0.4 is 5.73 Å². The van der Waals surface area contributed by atoms with Gasteiger partial charge in [-0.2, -0.15) is 0 Å². The maximum absolute atomic E-state index is 12.4. The van der Waals surface area contributed by atoms with E-state index in [1.807, 2.05) is 57.2 Å². The first-order chi connectivity index (χ1) is 12.4. The van der Waals surface area contributed by atoms with Crippen LogP contribution in [0.2, 0.25) is 0 Å². The molecule has 4 nitrogen and oxygen atoms in total. The molecule has 0 spiro atoms. The molecule has 0 amide bonds. The number of aromatic nitrogens is 1. The van der Waals surface area contributed by atoms with Crippen LogP contribution >= 0.6 is 0 Å². The second-order valence-corrected chi connectivity index (χ2v) is 6.31. The Morgan fingerprint density at radius 1 is 1.27 bits per heavy atom. The number of pyridine rings is 1. The summed E-state index contributed by atoms with van der Waals surface area (Å²) in [6.07, 6.45) is 2.55. The highest BCUT2D eigenvalue weighted by Crippen LogP contribution is 2.34. The van der Waals surface area contributed by atoms with Crippen molar-refractivity contribution in [3.8, 4) is 11.1 Å². The van der Waals surface area contributed by atoms with Gasteiger partial charge in [0.05, 0.1) is 12.8 Å². The van der Waals surface area contributed by atoms with Crippen LogP contribution in [0.15, 0.2) is 54.7 Å². The Balaban J connectivity index is 2.78. The molecular formula is C22H26N2O2. The fourth-order valence-electron chi connectivity index (χ4n) is 3.09. The fraction of sp³-hybridized carbons (Fsp3) is 0.273. The minimum Gasteiger partial charge on any atom is -0.466 e. The molecule has 1 unspecified atom stereocenters. The van der Waals surface area contributed by atoms with E-state index in [0.717, 1.165) is 28.7 Å². The van der Waals surface area contributed by atoms with E-state index in [0.29, 0.717) is 17.0 Å². The van der Waals surface area contributed by atoms with Crippen molar-refractivity contribution in [1.29, 1.82) is 0 Å². The molecular weight excluding hydrogens is 324 g/mol. The van der Waals surface area contributed by atoms with Gasteiger partial charge in [-0.3, -0.25) is 4.98 Å². The van der Waals surface area contributed by atoms with E-state index in [1.165, 1.54) is 7.11 Å². The number of ether oxygens (including phenoxy) is 1. The van der Waals surface area contributed by atoms with E-state index in [2.05, 4.69) is 11.6 Å². The number of allylic oxidation sites excluding steroid dienone is 1. The first-order valence-corrected chi connectivity index (χ1v) is 8.70. The Morgan fingerprint density at radius 3 is 2.46 bits per heavy atom. The first kappa shape index (κ1) is 19.4. The maximum atomic E-state index is 12.4. The Bertz CT molecular complexity index is 838. The zero-order chi connectivity index (χ0) is 19.3. The third-order valence-electron chi connectivity index (χ3n) is 4.63. The molecule has 0 aliphatic rings. The molecule has 0 saturated heterocycles. The van der Waals surface area contributed by atoms with Gasteiger partial charge >= 0.3 is 5.97 Å². The molecule has 4 heteroatoms. The monoisotopic (exact) mass is 350 g/mol. The Labute approximate surface area is 155 Å². The summed E-state index contributed by atoms with van der Waals surface area (Å²) in [5.74, 6) is -0.291. The van der Waals surface area contributed by atoms with Crippen molar-refractivity contribution < 1.29 is 9.53 Å². The van der Waals surface area contributed by atoms with Crippen LogP contribution in [-0.2, 0) is 9.53 Å². The van der Waals surface area contributed by atoms with Crippen LogP contribution in [0.25, 0.3) is 22.4 Å². The fourth-order valence-corrected chi connectivity index (χ4v) is 3.09. The number of carbonyl (C=O) groups excluding carboxylic acids is 1. The van der Waals surface area contributed by atoms with Crippen molar-refractivity contribution in [3.63, 3.8) is 0 Å². The lowest BCUT2D eigenvalue weighted by atomic mass is 9.88. The van der Waals surface area contributed by atoms with Gasteiger partial charge in [0.15, 0.2) is 0 Å². The molecule has 0 radical (unpaired) electrons. The number of hydrogen-bond donors (Lipinski definition) is 1. The average Bonchev–Trinajstić information content (AvgIpc) is 2.67. The van der Waals surface area contributed by atoms with Crippen molar-refractivity contribution in [1.82, 2.24) is 4.98 Å². The summed E-state index contributed by atoms with van der Waals surface area (Å²) in [5.41, 5.74) is 11.3.